The highest BCUT2D eigenvalue weighted by molar-refractivity contribution is 5.94. The summed E-state index contributed by atoms with van der Waals surface area (Å²) in [7, 11) is 0. The minimum atomic E-state index is -0.648. The summed E-state index contributed by atoms with van der Waals surface area (Å²) in [5, 5.41) is 17.8. The Labute approximate surface area is 121 Å². The number of amides is 1. The molecule has 0 bridgehead atoms. The van der Waals surface area contributed by atoms with E-state index in [4.69, 9.17) is 5.26 Å². The highest BCUT2D eigenvalue weighted by Gasteiger charge is 2.15. The van der Waals surface area contributed by atoms with Crippen LogP contribution in [0.2, 0.25) is 0 Å². The number of anilines is 1. The molecule has 1 aromatic heterocycles. The predicted octanol–water partition coefficient (Wildman–Crippen LogP) is 1.93. The average Bonchev–Trinajstić information content (AvgIpc) is 2.50. The van der Waals surface area contributed by atoms with E-state index in [1.165, 1.54) is 6.07 Å². The standard InChI is InChI=1S/C15H14N4O2/c1-2-10(9-16)15(21)17-12-5-3-11(4-6-12)13-7-8-14(20)19-18-13/h3-8,10H,2H2,1H3,(H,17,21)(H,19,20). The first-order valence-electron chi connectivity index (χ1n) is 6.50. The molecule has 0 aliphatic rings. The van der Waals surface area contributed by atoms with Gasteiger partial charge in [-0.2, -0.15) is 10.4 Å². The van der Waals surface area contributed by atoms with Crippen molar-refractivity contribution in [2.24, 2.45) is 5.92 Å². The van der Waals surface area contributed by atoms with Crippen molar-refractivity contribution in [2.45, 2.75) is 13.3 Å². The zero-order valence-corrected chi connectivity index (χ0v) is 11.5. The van der Waals surface area contributed by atoms with Gasteiger partial charge in [0.25, 0.3) is 5.56 Å². The summed E-state index contributed by atoms with van der Waals surface area (Å²) in [6, 6.07) is 12.0. The summed E-state index contributed by atoms with van der Waals surface area (Å²) in [6.07, 6.45) is 0.474. The van der Waals surface area contributed by atoms with Crippen LogP contribution in [0.5, 0.6) is 0 Å². The maximum Gasteiger partial charge on any atom is 0.264 e. The Morgan fingerprint density at radius 1 is 1.33 bits per heavy atom. The number of carbonyl (C=O) groups is 1. The summed E-state index contributed by atoms with van der Waals surface area (Å²) in [6.45, 7) is 1.79. The van der Waals surface area contributed by atoms with Crippen molar-refractivity contribution in [3.8, 4) is 17.3 Å². The number of H-pyrrole nitrogens is 1. The minimum absolute atomic E-state index is 0.259. The molecule has 0 fully saturated rings. The zero-order chi connectivity index (χ0) is 15.2. The van der Waals surface area contributed by atoms with Crippen molar-refractivity contribution < 1.29 is 4.79 Å². The van der Waals surface area contributed by atoms with Gasteiger partial charge in [-0.15, -0.1) is 0 Å². The lowest BCUT2D eigenvalue weighted by molar-refractivity contribution is -0.118. The summed E-state index contributed by atoms with van der Waals surface area (Å²) >= 11 is 0. The number of benzene rings is 1. The van der Waals surface area contributed by atoms with Crippen molar-refractivity contribution in [1.82, 2.24) is 10.2 Å². The van der Waals surface area contributed by atoms with Gasteiger partial charge >= 0.3 is 0 Å². The van der Waals surface area contributed by atoms with E-state index >= 15 is 0 Å². The van der Waals surface area contributed by atoms with E-state index in [1.54, 1.807) is 37.3 Å². The van der Waals surface area contributed by atoms with E-state index in [2.05, 4.69) is 15.5 Å². The van der Waals surface area contributed by atoms with Crippen molar-refractivity contribution >= 4 is 11.6 Å². The molecule has 0 aliphatic carbocycles. The fourth-order valence-electron chi connectivity index (χ4n) is 1.79. The van der Waals surface area contributed by atoms with Crippen LogP contribution in [0.15, 0.2) is 41.2 Å². The first-order valence-corrected chi connectivity index (χ1v) is 6.50. The molecule has 2 rings (SSSR count). The largest absolute Gasteiger partial charge is 0.325 e. The highest BCUT2D eigenvalue weighted by Crippen LogP contribution is 2.18. The van der Waals surface area contributed by atoms with Gasteiger partial charge in [-0.05, 0) is 24.6 Å². The fraction of sp³-hybridized carbons (Fsp3) is 0.200. The van der Waals surface area contributed by atoms with Crippen molar-refractivity contribution in [3.05, 3.63) is 46.8 Å². The van der Waals surface area contributed by atoms with Crippen LogP contribution < -0.4 is 10.9 Å². The number of aromatic nitrogens is 2. The Bertz CT molecular complexity index is 708. The highest BCUT2D eigenvalue weighted by atomic mass is 16.2. The molecule has 6 heteroatoms. The van der Waals surface area contributed by atoms with Crippen LogP contribution >= 0.6 is 0 Å². The van der Waals surface area contributed by atoms with E-state index in [0.717, 1.165) is 5.56 Å². The smallest absolute Gasteiger partial charge is 0.264 e. The number of hydrogen-bond acceptors (Lipinski definition) is 4. The molecule has 1 aromatic carbocycles. The molecule has 0 radical (unpaired) electrons. The molecule has 6 nitrogen and oxygen atoms in total. The van der Waals surface area contributed by atoms with Gasteiger partial charge in [0, 0.05) is 17.3 Å². The lowest BCUT2D eigenvalue weighted by atomic mass is 10.1. The zero-order valence-electron chi connectivity index (χ0n) is 11.5. The molecule has 2 aromatic rings. The van der Waals surface area contributed by atoms with Crippen LogP contribution in [0.4, 0.5) is 5.69 Å². The number of hydrogen-bond donors (Lipinski definition) is 2. The Kier molecular flexibility index (Phi) is 4.46. The third-order valence-electron chi connectivity index (χ3n) is 3.01. The second-order valence-electron chi connectivity index (χ2n) is 4.46. The summed E-state index contributed by atoms with van der Waals surface area (Å²) in [4.78, 5) is 22.7. The summed E-state index contributed by atoms with van der Waals surface area (Å²) in [5.74, 6) is -0.958. The molecular weight excluding hydrogens is 268 g/mol. The maximum absolute atomic E-state index is 11.8. The molecular formula is C15H14N4O2. The molecule has 0 saturated carbocycles. The van der Waals surface area contributed by atoms with E-state index in [9.17, 15) is 9.59 Å². The third-order valence-corrected chi connectivity index (χ3v) is 3.01. The third kappa shape index (κ3) is 3.54. The maximum atomic E-state index is 11.8. The number of rotatable bonds is 4. The van der Waals surface area contributed by atoms with Crippen LogP contribution in [-0.4, -0.2) is 16.1 Å². The molecule has 1 heterocycles. The normalized spacial score (nSPS) is 11.4. The lowest BCUT2D eigenvalue weighted by Gasteiger charge is -2.08. The first-order chi connectivity index (χ1) is 10.1. The van der Waals surface area contributed by atoms with Crippen LogP contribution in [0.1, 0.15) is 13.3 Å². The summed E-state index contributed by atoms with van der Waals surface area (Å²) in [5.41, 5.74) is 1.80. The van der Waals surface area contributed by atoms with Gasteiger partial charge in [-0.25, -0.2) is 5.10 Å². The number of carbonyl (C=O) groups excluding carboxylic acids is 1. The van der Waals surface area contributed by atoms with Crippen molar-refractivity contribution in [1.29, 1.82) is 5.26 Å². The molecule has 21 heavy (non-hydrogen) atoms. The predicted molar refractivity (Wildman–Crippen MR) is 78.3 cm³/mol. The van der Waals surface area contributed by atoms with Gasteiger partial charge < -0.3 is 5.32 Å². The quantitative estimate of drug-likeness (QED) is 0.895. The van der Waals surface area contributed by atoms with Gasteiger partial charge in [0.1, 0.15) is 5.92 Å². The number of nitrogens with one attached hydrogen (secondary N) is 2. The van der Waals surface area contributed by atoms with E-state index in [0.29, 0.717) is 17.8 Å². The number of nitrogens with zero attached hydrogens (tertiary/aromatic N) is 2. The van der Waals surface area contributed by atoms with Crippen molar-refractivity contribution in [3.63, 3.8) is 0 Å². The molecule has 0 saturated heterocycles. The van der Waals surface area contributed by atoms with Gasteiger partial charge in [-0.1, -0.05) is 19.1 Å². The second-order valence-corrected chi connectivity index (χ2v) is 4.46. The number of nitriles is 1. The molecule has 0 spiro atoms. The molecule has 1 unspecified atom stereocenters. The van der Waals surface area contributed by atoms with Gasteiger partial charge in [0.15, 0.2) is 0 Å². The fourth-order valence-corrected chi connectivity index (χ4v) is 1.79. The summed E-state index contributed by atoms with van der Waals surface area (Å²) < 4.78 is 0. The Morgan fingerprint density at radius 2 is 2.05 bits per heavy atom. The SMILES string of the molecule is CCC(C#N)C(=O)Nc1ccc(-c2ccc(=O)[nH]n2)cc1. The first kappa shape index (κ1) is 14.5. The number of aromatic amines is 1. The monoisotopic (exact) mass is 282 g/mol. The van der Waals surface area contributed by atoms with Crippen LogP contribution in [0.3, 0.4) is 0 Å². The Morgan fingerprint density at radius 3 is 2.57 bits per heavy atom. The van der Waals surface area contributed by atoms with Gasteiger partial charge in [-0.3, -0.25) is 9.59 Å². The molecule has 1 atom stereocenters. The van der Waals surface area contributed by atoms with E-state index < -0.39 is 5.92 Å². The van der Waals surface area contributed by atoms with Crippen LogP contribution in [0, 0.1) is 17.2 Å². The molecule has 1 amide bonds. The van der Waals surface area contributed by atoms with E-state index in [-0.39, 0.29) is 11.5 Å². The topological polar surface area (TPSA) is 98.6 Å². The minimum Gasteiger partial charge on any atom is -0.325 e. The Balaban J connectivity index is 2.12. The Hall–Kier alpha value is -2.94. The molecule has 0 aliphatic heterocycles. The second kappa shape index (κ2) is 6.48. The van der Waals surface area contributed by atoms with Crippen molar-refractivity contribution in [2.75, 3.05) is 5.32 Å². The average molecular weight is 282 g/mol. The van der Waals surface area contributed by atoms with Crippen LogP contribution in [-0.2, 0) is 4.79 Å². The molecule has 106 valence electrons. The molecule has 2 N–H and O–H groups in total. The van der Waals surface area contributed by atoms with Crippen LogP contribution in [0.25, 0.3) is 11.3 Å². The van der Waals surface area contributed by atoms with E-state index in [1.807, 2.05) is 6.07 Å². The van der Waals surface area contributed by atoms with Gasteiger partial charge in [0.2, 0.25) is 5.91 Å². The lowest BCUT2D eigenvalue weighted by Crippen LogP contribution is -2.20. The van der Waals surface area contributed by atoms with Gasteiger partial charge in [0.05, 0.1) is 11.8 Å².